The molecule has 0 radical (unpaired) electrons. The molecule has 2 aromatic carbocycles. The minimum absolute atomic E-state index is 0.0648. The van der Waals surface area contributed by atoms with Gasteiger partial charge in [0, 0.05) is 5.56 Å². The van der Waals surface area contributed by atoms with E-state index >= 15 is 0 Å². The zero-order chi connectivity index (χ0) is 21.4. The molecule has 2 atom stereocenters. The summed E-state index contributed by atoms with van der Waals surface area (Å²) in [6.07, 6.45) is 0. The van der Waals surface area contributed by atoms with Gasteiger partial charge in [-0.25, -0.2) is 9.89 Å². The number of fused-ring (bicyclic) bond motifs is 3. The van der Waals surface area contributed by atoms with Crippen LogP contribution >= 0.6 is 23.4 Å². The van der Waals surface area contributed by atoms with Gasteiger partial charge in [-0.15, -0.1) is 0 Å². The van der Waals surface area contributed by atoms with Crippen LogP contribution < -0.4 is 5.32 Å². The summed E-state index contributed by atoms with van der Waals surface area (Å²) in [5.41, 5.74) is 2.12. The topological polar surface area (TPSA) is 74.1 Å². The number of nitrogens with one attached hydrogen (secondary N) is 1. The second-order valence-electron chi connectivity index (χ2n) is 7.46. The second kappa shape index (κ2) is 8.24. The molecule has 6 nitrogen and oxygen atoms in total. The van der Waals surface area contributed by atoms with E-state index in [0.29, 0.717) is 21.7 Å². The maximum atomic E-state index is 13.1. The molecular formula is C22H21ClN4O2S. The van der Waals surface area contributed by atoms with E-state index in [2.05, 4.69) is 10.3 Å². The van der Waals surface area contributed by atoms with E-state index in [9.17, 15) is 9.59 Å². The molecule has 0 saturated heterocycles. The monoisotopic (exact) mass is 440 g/mol. The van der Waals surface area contributed by atoms with Crippen molar-refractivity contribution < 1.29 is 9.59 Å². The zero-order valence-electron chi connectivity index (χ0n) is 16.8. The van der Waals surface area contributed by atoms with Gasteiger partial charge in [0.15, 0.2) is 5.17 Å². The summed E-state index contributed by atoms with van der Waals surface area (Å²) in [6, 6.07) is 14.2. The van der Waals surface area contributed by atoms with E-state index in [1.807, 2.05) is 38.1 Å². The van der Waals surface area contributed by atoms with Crippen molar-refractivity contribution >= 4 is 57.6 Å². The molecule has 0 spiro atoms. The third-order valence-corrected chi connectivity index (χ3v) is 6.30. The van der Waals surface area contributed by atoms with Gasteiger partial charge in [0.1, 0.15) is 11.9 Å². The fourth-order valence-electron chi connectivity index (χ4n) is 3.29. The molecule has 30 heavy (non-hydrogen) atoms. The minimum Gasteiger partial charge on any atom is -0.324 e. The number of benzene rings is 2. The first-order chi connectivity index (χ1) is 14.4. The first-order valence-electron chi connectivity index (χ1n) is 9.68. The summed E-state index contributed by atoms with van der Waals surface area (Å²) in [6.45, 7) is 5.72. The van der Waals surface area contributed by atoms with E-state index in [0.717, 1.165) is 11.3 Å². The molecule has 8 heteroatoms. The fraction of sp³-hybridized carbons (Fsp3) is 0.273. The number of carbonyl (C=O) groups excluding carboxylic acids is 2. The lowest BCUT2D eigenvalue weighted by molar-refractivity contribution is -0.125. The Bertz CT molecular complexity index is 1080. The molecule has 2 amide bonds. The third-order valence-electron chi connectivity index (χ3n) is 4.91. The van der Waals surface area contributed by atoms with Crippen LogP contribution in [-0.2, 0) is 9.59 Å². The maximum absolute atomic E-state index is 13.1. The average Bonchev–Trinajstić information content (AvgIpc) is 3.08. The normalized spacial score (nSPS) is 18.5. The third kappa shape index (κ3) is 3.75. The Morgan fingerprint density at radius 2 is 1.83 bits per heavy atom. The average molecular weight is 441 g/mol. The highest BCUT2D eigenvalue weighted by Crippen LogP contribution is 2.36. The number of carbonyl (C=O) groups is 2. The standard InChI is InChI=1S/C22H21ClN4O2S/c1-12(2)18-21(29)27-19(26-18)14-8-4-6-10-16(14)25-22(27)30-13(3)20(28)24-17-11-7-5-9-15(17)23/h4-13,18H,1-3H3,(H,24,28)/t13-,18+/m0/s1. The predicted octanol–water partition coefficient (Wildman–Crippen LogP) is 4.71. The molecule has 2 heterocycles. The molecule has 0 aromatic heterocycles. The maximum Gasteiger partial charge on any atom is 0.259 e. The SMILES string of the molecule is CC(C)[C@H]1N=C2c3ccccc3N=C(S[C@@H](C)C(=O)Nc3ccccc3Cl)N2C1=O. The number of thioether (sulfide) groups is 1. The Hall–Kier alpha value is -2.64. The van der Waals surface area contributed by atoms with Crippen molar-refractivity contribution in [3.63, 3.8) is 0 Å². The number of amidine groups is 2. The van der Waals surface area contributed by atoms with E-state index in [1.54, 1.807) is 36.1 Å². The first kappa shape index (κ1) is 20.6. The highest BCUT2D eigenvalue weighted by atomic mass is 35.5. The Morgan fingerprint density at radius 3 is 2.57 bits per heavy atom. The molecule has 0 saturated carbocycles. The number of rotatable bonds is 4. The minimum atomic E-state index is -0.502. The molecule has 154 valence electrons. The largest absolute Gasteiger partial charge is 0.324 e. The molecule has 2 aromatic rings. The van der Waals surface area contributed by atoms with Crippen LogP contribution in [0.15, 0.2) is 58.5 Å². The van der Waals surface area contributed by atoms with Gasteiger partial charge in [0.2, 0.25) is 5.91 Å². The predicted molar refractivity (Wildman–Crippen MR) is 123 cm³/mol. The lowest BCUT2D eigenvalue weighted by Gasteiger charge is -2.27. The first-order valence-corrected chi connectivity index (χ1v) is 10.9. The molecule has 2 aliphatic heterocycles. The van der Waals surface area contributed by atoms with Gasteiger partial charge in [0.05, 0.1) is 21.6 Å². The molecule has 2 aliphatic rings. The van der Waals surface area contributed by atoms with Gasteiger partial charge < -0.3 is 5.32 Å². The van der Waals surface area contributed by atoms with E-state index < -0.39 is 11.3 Å². The van der Waals surface area contributed by atoms with Crippen molar-refractivity contribution in [2.45, 2.75) is 32.1 Å². The number of amides is 2. The van der Waals surface area contributed by atoms with Crippen molar-refractivity contribution in [1.29, 1.82) is 0 Å². The highest BCUT2D eigenvalue weighted by molar-refractivity contribution is 8.15. The Balaban J connectivity index is 1.61. The van der Waals surface area contributed by atoms with Crippen LogP contribution in [0.2, 0.25) is 5.02 Å². The van der Waals surface area contributed by atoms with Gasteiger partial charge in [-0.1, -0.05) is 61.5 Å². The molecule has 0 aliphatic carbocycles. The summed E-state index contributed by atoms with van der Waals surface area (Å²) >= 11 is 7.38. The van der Waals surface area contributed by atoms with Gasteiger partial charge in [-0.2, -0.15) is 0 Å². The lowest BCUT2D eigenvalue weighted by atomic mass is 10.1. The molecular weight excluding hydrogens is 420 g/mol. The van der Waals surface area contributed by atoms with Gasteiger partial charge in [-0.3, -0.25) is 14.6 Å². The number of nitrogens with zero attached hydrogens (tertiary/aromatic N) is 3. The van der Waals surface area contributed by atoms with Crippen molar-refractivity contribution in [3.8, 4) is 0 Å². The number of hydrogen-bond donors (Lipinski definition) is 1. The lowest BCUT2D eigenvalue weighted by Crippen LogP contribution is -2.43. The molecule has 1 N–H and O–H groups in total. The Kier molecular flexibility index (Phi) is 5.66. The van der Waals surface area contributed by atoms with E-state index in [-0.39, 0.29) is 17.7 Å². The molecule has 0 bridgehead atoms. The van der Waals surface area contributed by atoms with Gasteiger partial charge in [-0.05, 0) is 37.1 Å². The molecule has 4 rings (SSSR count). The van der Waals surface area contributed by atoms with Crippen molar-refractivity contribution in [1.82, 2.24) is 4.90 Å². The number of aliphatic imine (C=N–C) groups is 2. The summed E-state index contributed by atoms with van der Waals surface area (Å²) in [5, 5.41) is 3.26. The van der Waals surface area contributed by atoms with Crippen LogP contribution in [0.3, 0.4) is 0 Å². The van der Waals surface area contributed by atoms with Crippen LogP contribution in [0.25, 0.3) is 0 Å². The van der Waals surface area contributed by atoms with Crippen LogP contribution in [-0.4, -0.2) is 39.0 Å². The quantitative estimate of drug-likeness (QED) is 0.747. The van der Waals surface area contributed by atoms with Gasteiger partial charge in [0.25, 0.3) is 5.91 Å². The summed E-state index contributed by atoms with van der Waals surface area (Å²) in [7, 11) is 0. The highest BCUT2D eigenvalue weighted by Gasteiger charge is 2.43. The summed E-state index contributed by atoms with van der Waals surface area (Å²) < 4.78 is 0. The number of para-hydroxylation sites is 2. The fourth-order valence-corrected chi connectivity index (χ4v) is 4.39. The van der Waals surface area contributed by atoms with Crippen molar-refractivity contribution in [3.05, 3.63) is 59.1 Å². The zero-order valence-corrected chi connectivity index (χ0v) is 18.4. The van der Waals surface area contributed by atoms with Crippen molar-refractivity contribution in [2.24, 2.45) is 15.9 Å². The molecule has 0 unspecified atom stereocenters. The molecule has 0 fully saturated rings. The van der Waals surface area contributed by atoms with Crippen LogP contribution in [0.5, 0.6) is 0 Å². The van der Waals surface area contributed by atoms with Crippen LogP contribution in [0, 0.1) is 5.92 Å². The number of halogens is 1. The van der Waals surface area contributed by atoms with Gasteiger partial charge >= 0.3 is 0 Å². The van der Waals surface area contributed by atoms with Crippen LogP contribution in [0.4, 0.5) is 11.4 Å². The smallest absolute Gasteiger partial charge is 0.259 e. The summed E-state index contributed by atoms with van der Waals surface area (Å²) in [5.74, 6) is 0.333. The summed E-state index contributed by atoms with van der Waals surface area (Å²) in [4.78, 5) is 36.8. The number of hydrogen-bond acceptors (Lipinski definition) is 5. The Morgan fingerprint density at radius 1 is 1.13 bits per heavy atom. The van der Waals surface area contributed by atoms with Crippen molar-refractivity contribution in [2.75, 3.05) is 5.32 Å². The van der Waals surface area contributed by atoms with Crippen LogP contribution in [0.1, 0.15) is 26.3 Å². The van der Waals surface area contributed by atoms with E-state index in [4.69, 9.17) is 16.6 Å². The second-order valence-corrected chi connectivity index (χ2v) is 9.17. The number of anilines is 1. The Labute approximate surface area is 184 Å². The van der Waals surface area contributed by atoms with E-state index in [1.165, 1.54) is 11.8 Å².